The van der Waals surface area contributed by atoms with E-state index < -0.39 is 5.97 Å². The molecular formula is C30H27NO2. The highest BCUT2D eigenvalue weighted by Crippen LogP contribution is 2.34. The van der Waals surface area contributed by atoms with Gasteiger partial charge in [0, 0.05) is 23.1 Å². The number of anilines is 3. The first-order valence-electron chi connectivity index (χ1n) is 11.1. The van der Waals surface area contributed by atoms with Crippen molar-refractivity contribution in [3.63, 3.8) is 0 Å². The van der Waals surface area contributed by atoms with Crippen molar-refractivity contribution in [1.29, 1.82) is 0 Å². The molecule has 0 radical (unpaired) electrons. The quantitative estimate of drug-likeness (QED) is 0.273. The van der Waals surface area contributed by atoms with Gasteiger partial charge in [-0.2, -0.15) is 0 Å². The average molecular weight is 434 g/mol. The molecule has 0 saturated carbocycles. The van der Waals surface area contributed by atoms with Crippen LogP contribution < -0.4 is 4.90 Å². The van der Waals surface area contributed by atoms with Crippen molar-refractivity contribution < 1.29 is 9.53 Å². The molecule has 3 heteroatoms. The van der Waals surface area contributed by atoms with Crippen LogP contribution in [0.25, 0.3) is 0 Å². The number of para-hydroxylation sites is 2. The number of carbonyl (C=O) groups is 1. The second kappa shape index (κ2) is 11.0. The third-order valence-electron chi connectivity index (χ3n) is 5.50. The number of allylic oxidation sites excluding steroid dienone is 5. The van der Waals surface area contributed by atoms with E-state index in [-0.39, 0.29) is 5.92 Å². The second-order valence-electron chi connectivity index (χ2n) is 7.81. The van der Waals surface area contributed by atoms with E-state index in [0.717, 1.165) is 29.9 Å². The summed E-state index contributed by atoms with van der Waals surface area (Å²) in [4.78, 5) is 13.7. The van der Waals surface area contributed by atoms with Gasteiger partial charge in [0.2, 0.25) is 0 Å². The first-order valence-corrected chi connectivity index (χ1v) is 11.1. The highest BCUT2D eigenvalue weighted by Gasteiger charge is 2.12. The Balaban J connectivity index is 1.43. The van der Waals surface area contributed by atoms with E-state index in [1.165, 1.54) is 11.6 Å². The minimum absolute atomic E-state index is 0.283. The Morgan fingerprint density at radius 3 is 2.06 bits per heavy atom. The number of aryl methyl sites for hydroxylation is 1. The molecule has 3 aromatic carbocycles. The first kappa shape index (κ1) is 22.1. The zero-order valence-electron chi connectivity index (χ0n) is 18.5. The standard InChI is InChI=1S/C30H27NO2/c1-2-30(32)33-29-15-9-10-24(20-23-29)16-17-25-18-21-28(22-19-25)31(26-11-5-3-6-12-26)27-13-7-4-8-14-27/h2-15,18-24H,1,16-17H2. The Morgan fingerprint density at radius 2 is 1.45 bits per heavy atom. The molecule has 0 saturated heterocycles. The Bertz CT molecular complexity index is 1120. The third kappa shape index (κ3) is 5.98. The van der Waals surface area contributed by atoms with Crippen molar-refractivity contribution in [3.05, 3.63) is 139 Å². The zero-order valence-corrected chi connectivity index (χ0v) is 18.5. The molecule has 1 aliphatic carbocycles. The van der Waals surface area contributed by atoms with Crippen molar-refractivity contribution in [2.24, 2.45) is 5.92 Å². The summed E-state index contributed by atoms with van der Waals surface area (Å²) in [5.41, 5.74) is 4.68. The number of carbonyl (C=O) groups excluding carboxylic acids is 1. The minimum Gasteiger partial charge on any atom is -0.423 e. The summed E-state index contributed by atoms with van der Waals surface area (Å²) in [6, 6.07) is 29.6. The lowest BCUT2D eigenvalue weighted by Crippen LogP contribution is -2.09. The smallest absolute Gasteiger partial charge is 0.335 e. The van der Waals surface area contributed by atoms with E-state index in [2.05, 4.69) is 96.4 Å². The molecule has 1 atom stereocenters. The van der Waals surface area contributed by atoms with Gasteiger partial charge >= 0.3 is 5.97 Å². The van der Waals surface area contributed by atoms with E-state index in [4.69, 9.17) is 4.74 Å². The van der Waals surface area contributed by atoms with Crippen molar-refractivity contribution in [1.82, 2.24) is 0 Å². The highest BCUT2D eigenvalue weighted by atomic mass is 16.5. The third-order valence-corrected chi connectivity index (χ3v) is 5.50. The van der Waals surface area contributed by atoms with Crippen LogP contribution in [0.15, 0.2) is 134 Å². The fraction of sp³-hybridized carbons (Fsp3) is 0.100. The van der Waals surface area contributed by atoms with Crippen LogP contribution in [0, 0.1) is 5.92 Å². The molecule has 0 aliphatic heterocycles. The largest absolute Gasteiger partial charge is 0.423 e. The maximum absolute atomic E-state index is 11.4. The van der Waals surface area contributed by atoms with Gasteiger partial charge in [-0.1, -0.05) is 73.3 Å². The molecule has 33 heavy (non-hydrogen) atoms. The molecule has 0 spiro atoms. The lowest BCUT2D eigenvalue weighted by molar-refractivity contribution is -0.133. The molecule has 3 aromatic rings. The second-order valence-corrected chi connectivity index (χ2v) is 7.81. The summed E-state index contributed by atoms with van der Waals surface area (Å²) in [5.74, 6) is 0.369. The van der Waals surface area contributed by atoms with Crippen LogP contribution >= 0.6 is 0 Å². The maximum atomic E-state index is 11.4. The number of benzene rings is 3. The summed E-state index contributed by atoms with van der Waals surface area (Å²) in [5, 5.41) is 0. The summed E-state index contributed by atoms with van der Waals surface area (Å²) in [6.45, 7) is 3.43. The zero-order chi connectivity index (χ0) is 22.9. The van der Waals surface area contributed by atoms with Crippen LogP contribution in [-0.4, -0.2) is 5.97 Å². The van der Waals surface area contributed by atoms with Gasteiger partial charge in [-0.15, -0.1) is 0 Å². The van der Waals surface area contributed by atoms with Crippen LogP contribution in [0.1, 0.15) is 12.0 Å². The van der Waals surface area contributed by atoms with Crippen LogP contribution in [-0.2, 0) is 16.0 Å². The molecular weight excluding hydrogens is 406 g/mol. The van der Waals surface area contributed by atoms with Crippen molar-refractivity contribution >= 4 is 23.0 Å². The summed E-state index contributed by atoms with van der Waals surface area (Å²) < 4.78 is 5.20. The van der Waals surface area contributed by atoms with Crippen molar-refractivity contribution in [3.8, 4) is 0 Å². The number of ether oxygens (including phenoxy) is 1. The maximum Gasteiger partial charge on any atom is 0.335 e. The monoisotopic (exact) mass is 433 g/mol. The van der Waals surface area contributed by atoms with E-state index in [9.17, 15) is 4.79 Å². The molecule has 0 aromatic heterocycles. The summed E-state index contributed by atoms with van der Waals surface area (Å²) in [6.07, 6.45) is 12.9. The normalized spacial score (nSPS) is 14.8. The van der Waals surface area contributed by atoms with Gasteiger partial charge in [-0.05, 0) is 72.9 Å². The lowest BCUT2D eigenvalue weighted by Gasteiger charge is -2.25. The van der Waals surface area contributed by atoms with Crippen LogP contribution in [0.4, 0.5) is 17.1 Å². The lowest BCUT2D eigenvalue weighted by atomic mass is 9.98. The molecule has 0 fully saturated rings. The van der Waals surface area contributed by atoms with E-state index in [1.54, 1.807) is 6.08 Å². The van der Waals surface area contributed by atoms with Crippen molar-refractivity contribution in [2.45, 2.75) is 12.8 Å². The number of hydrogen-bond donors (Lipinski definition) is 0. The molecule has 164 valence electrons. The topological polar surface area (TPSA) is 29.5 Å². The summed E-state index contributed by atoms with van der Waals surface area (Å²) >= 11 is 0. The molecule has 4 rings (SSSR count). The molecule has 0 amide bonds. The Labute approximate surface area is 195 Å². The van der Waals surface area contributed by atoms with E-state index in [0.29, 0.717) is 5.76 Å². The molecule has 0 N–H and O–H groups in total. The molecule has 0 heterocycles. The summed E-state index contributed by atoms with van der Waals surface area (Å²) in [7, 11) is 0. The number of rotatable bonds is 8. The Morgan fingerprint density at radius 1 is 0.848 bits per heavy atom. The first-order chi connectivity index (χ1) is 16.2. The minimum atomic E-state index is -0.446. The van der Waals surface area contributed by atoms with Gasteiger partial charge in [-0.25, -0.2) is 4.79 Å². The molecule has 1 unspecified atom stereocenters. The van der Waals surface area contributed by atoms with Crippen LogP contribution in [0.2, 0.25) is 0 Å². The Kier molecular flexibility index (Phi) is 7.34. The number of nitrogens with zero attached hydrogens (tertiary/aromatic N) is 1. The van der Waals surface area contributed by atoms with Crippen LogP contribution in [0.3, 0.4) is 0 Å². The fourth-order valence-electron chi connectivity index (χ4n) is 3.80. The number of esters is 1. The van der Waals surface area contributed by atoms with Gasteiger partial charge in [0.05, 0.1) is 0 Å². The predicted molar refractivity (Wildman–Crippen MR) is 136 cm³/mol. The predicted octanol–water partition coefficient (Wildman–Crippen LogP) is 7.44. The highest BCUT2D eigenvalue weighted by molar-refractivity contribution is 5.82. The van der Waals surface area contributed by atoms with Gasteiger partial charge in [0.1, 0.15) is 5.76 Å². The van der Waals surface area contributed by atoms with Gasteiger partial charge in [0.25, 0.3) is 0 Å². The van der Waals surface area contributed by atoms with Gasteiger partial charge in [-0.3, -0.25) is 0 Å². The fourth-order valence-corrected chi connectivity index (χ4v) is 3.80. The Hall–Kier alpha value is -4.11. The molecule has 0 bridgehead atoms. The van der Waals surface area contributed by atoms with Crippen molar-refractivity contribution in [2.75, 3.05) is 4.90 Å². The number of hydrogen-bond acceptors (Lipinski definition) is 3. The average Bonchev–Trinajstić information content (AvgIpc) is 3.10. The molecule has 3 nitrogen and oxygen atoms in total. The molecule has 1 aliphatic rings. The van der Waals surface area contributed by atoms with Gasteiger partial charge in [0.15, 0.2) is 0 Å². The van der Waals surface area contributed by atoms with Gasteiger partial charge < -0.3 is 9.64 Å². The van der Waals surface area contributed by atoms with E-state index in [1.807, 2.05) is 24.3 Å². The SMILES string of the molecule is C=CC(=O)OC1=CC=CC(CCc2ccc(N(c3ccccc3)c3ccccc3)cc2)C=C1. The van der Waals surface area contributed by atoms with E-state index >= 15 is 0 Å². The van der Waals surface area contributed by atoms with Crippen LogP contribution in [0.5, 0.6) is 0 Å².